The fourth-order valence-electron chi connectivity index (χ4n) is 1.89. The number of carbonyl (C=O) groups excluding carboxylic acids is 1. The zero-order valence-corrected chi connectivity index (χ0v) is 8.76. The highest BCUT2D eigenvalue weighted by Crippen LogP contribution is 2.45. The molecule has 2 bridgehead atoms. The molecule has 2 nitrogen and oxygen atoms in total. The fraction of sp³-hybridized carbons (Fsp3) is 0.700. The van der Waals surface area contributed by atoms with E-state index in [4.69, 9.17) is 16.3 Å². The van der Waals surface area contributed by atoms with E-state index in [2.05, 4.69) is 0 Å². The predicted octanol–water partition coefficient (Wildman–Crippen LogP) is 1.92. The molecule has 0 N–H and O–H groups in total. The van der Waals surface area contributed by atoms with Crippen molar-refractivity contribution in [2.24, 2.45) is 5.41 Å². The van der Waals surface area contributed by atoms with Gasteiger partial charge in [0.15, 0.2) is 5.78 Å². The van der Waals surface area contributed by atoms with Crippen LogP contribution in [-0.2, 0) is 9.53 Å². The summed E-state index contributed by atoms with van der Waals surface area (Å²) in [6.45, 7) is 5.61. The van der Waals surface area contributed by atoms with E-state index < -0.39 is 16.4 Å². The summed E-state index contributed by atoms with van der Waals surface area (Å²) in [7, 11) is 0. The standard InChI is InChI=1S/C10H13ClO2/c1-9(2)6-4-5-10(3,13-6)7(11)8(9)12/h4-7H,1-3H3/t6-,7+,10+/m1/s1. The molecule has 0 aromatic heterocycles. The van der Waals surface area contributed by atoms with Gasteiger partial charge in [-0.15, -0.1) is 11.6 Å². The molecule has 0 saturated carbocycles. The van der Waals surface area contributed by atoms with Crippen molar-refractivity contribution in [3.05, 3.63) is 12.2 Å². The summed E-state index contributed by atoms with van der Waals surface area (Å²) < 4.78 is 5.72. The SMILES string of the molecule is CC1(C)C(=O)[C@H](Cl)[C@]2(C)C=C[C@H]1O2. The summed E-state index contributed by atoms with van der Waals surface area (Å²) in [6.07, 6.45) is 3.74. The van der Waals surface area contributed by atoms with Crippen molar-refractivity contribution in [3.63, 3.8) is 0 Å². The van der Waals surface area contributed by atoms with E-state index in [-0.39, 0.29) is 11.9 Å². The number of rotatable bonds is 0. The van der Waals surface area contributed by atoms with Gasteiger partial charge in [0.05, 0.1) is 11.5 Å². The van der Waals surface area contributed by atoms with E-state index >= 15 is 0 Å². The Bertz CT molecular complexity index is 295. The minimum Gasteiger partial charge on any atom is -0.361 e. The quantitative estimate of drug-likeness (QED) is 0.441. The van der Waals surface area contributed by atoms with Crippen molar-refractivity contribution in [1.82, 2.24) is 0 Å². The van der Waals surface area contributed by atoms with Crippen LogP contribution in [0.5, 0.6) is 0 Å². The van der Waals surface area contributed by atoms with Crippen LogP contribution in [-0.4, -0.2) is 22.9 Å². The second-order valence-corrected chi connectivity index (χ2v) is 4.97. The van der Waals surface area contributed by atoms with Gasteiger partial charge in [0, 0.05) is 0 Å². The monoisotopic (exact) mass is 200 g/mol. The Kier molecular flexibility index (Phi) is 1.68. The molecule has 72 valence electrons. The molecule has 0 radical (unpaired) electrons. The lowest BCUT2D eigenvalue weighted by Crippen LogP contribution is -2.55. The molecule has 0 aliphatic carbocycles. The number of alkyl halides is 1. The van der Waals surface area contributed by atoms with Gasteiger partial charge < -0.3 is 4.74 Å². The van der Waals surface area contributed by atoms with E-state index in [0.717, 1.165) is 0 Å². The lowest BCUT2D eigenvalue weighted by molar-refractivity contribution is -0.155. The Morgan fingerprint density at radius 1 is 1.46 bits per heavy atom. The van der Waals surface area contributed by atoms with Gasteiger partial charge in [-0.3, -0.25) is 4.79 Å². The van der Waals surface area contributed by atoms with Gasteiger partial charge >= 0.3 is 0 Å². The summed E-state index contributed by atoms with van der Waals surface area (Å²) in [5, 5.41) is -0.558. The van der Waals surface area contributed by atoms with Gasteiger partial charge in [0.25, 0.3) is 0 Å². The molecule has 2 heterocycles. The molecule has 0 amide bonds. The highest BCUT2D eigenvalue weighted by molar-refractivity contribution is 6.33. The average molecular weight is 201 g/mol. The van der Waals surface area contributed by atoms with Crippen LogP contribution in [0.2, 0.25) is 0 Å². The van der Waals surface area contributed by atoms with Crippen molar-refractivity contribution < 1.29 is 9.53 Å². The smallest absolute Gasteiger partial charge is 0.162 e. The summed E-state index contributed by atoms with van der Waals surface area (Å²) >= 11 is 6.06. The number of ether oxygens (including phenoxy) is 1. The van der Waals surface area contributed by atoms with Gasteiger partial charge in [0.1, 0.15) is 11.0 Å². The minimum atomic E-state index is -0.584. The summed E-state index contributed by atoms with van der Waals surface area (Å²) in [5.74, 6) is 0.0814. The molecule has 13 heavy (non-hydrogen) atoms. The summed E-state index contributed by atoms with van der Waals surface area (Å²) in [5.41, 5.74) is -1.07. The van der Waals surface area contributed by atoms with Crippen LogP contribution >= 0.6 is 11.6 Å². The second kappa shape index (κ2) is 2.37. The van der Waals surface area contributed by atoms with E-state index in [1.165, 1.54) is 0 Å². The number of carbonyl (C=O) groups is 1. The van der Waals surface area contributed by atoms with Crippen LogP contribution in [0.25, 0.3) is 0 Å². The second-order valence-electron chi connectivity index (χ2n) is 4.53. The summed E-state index contributed by atoms with van der Waals surface area (Å²) in [6, 6.07) is 0. The first-order chi connectivity index (χ1) is 5.88. The topological polar surface area (TPSA) is 26.3 Å². The van der Waals surface area contributed by atoms with Crippen molar-refractivity contribution in [3.8, 4) is 0 Å². The van der Waals surface area contributed by atoms with E-state index in [0.29, 0.717) is 0 Å². The number of hydrogen-bond donors (Lipinski definition) is 0. The van der Waals surface area contributed by atoms with Crippen LogP contribution < -0.4 is 0 Å². The maximum Gasteiger partial charge on any atom is 0.162 e. The predicted molar refractivity (Wildman–Crippen MR) is 50.8 cm³/mol. The Labute approximate surface area is 82.9 Å². The highest BCUT2D eigenvalue weighted by atomic mass is 35.5. The first kappa shape index (κ1) is 9.22. The number of fused-ring (bicyclic) bond motifs is 2. The Morgan fingerprint density at radius 3 is 2.69 bits per heavy atom. The molecule has 0 aromatic rings. The van der Waals surface area contributed by atoms with Gasteiger partial charge in [-0.25, -0.2) is 0 Å². The Balaban J connectivity index is 2.45. The molecular formula is C10H13ClO2. The van der Waals surface area contributed by atoms with Crippen molar-refractivity contribution in [1.29, 1.82) is 0 Å². The van der Waals surface area contributed by atoms with Gasteiger partial charge in [0.2, 0.25) is 0 Å². The molecule has 1 fully saturated rings. The largest absolute Gasteiger partial charge is 0.361 e. The molecule has 0 spiro atoms. The van der Waals surface area contributed by atoms with Crippen LogP contribution in [0, 0.1) is 5.41 Å². The normalized spacial score (nSPS) is 46.9. The summed E-state index contributed by atoms with van der Waals surface area (Å²) in [4.78, 5) is 11.9. The lowest BCUT2D eigenvalue weighted by Gasteiger charge is -2.42. The van der Waals surface area contributed by atoms with E-state index in [1.54, 1.807) is 0 Å². The first-order valence-electron chi connectivity index (χ1n) is 4.43. The average Bonchev–Trinajstić information content (AvgIpc) is 2.43. The fourth-order valence-corrected chi connectivity index (χ4v) is 2.30. The Morgan fingerprint density at radius 2 is 2.08 bits per heavy atom. The number of Topliss-reactive ketones (excluding diaryl/α,β-unsaturated/α-hetero) is 1. The number of hydrogen-bond acceptors (Lipinski definition) is 2. The third-order valence-electron chi connectivity index (χ3n) is 3.06. The molecular weight excluding hydrogens is 188 g/mol. The van der Waals surface area contributed by atoms with Crippen LogP contribution in [0.15, 0.2) is 12.2 Å². The Hall–Kier alpha value is -0.340. The molecule has 2 rings (SSSR count). The molecule has 0 unspecified atom stereocenters. The van der Waals surface area contributed by atoms with Crippen LogP contribution in [0.4, 0.5) is 0 Å². The van der Waals surface area contributed by atoms with E-state index in [9.17, 15) is 4.79 Å². The van der Waals surface area contributed by atoms with Gasteiger partial charge in [-0.2, -0.15) is 0 Å². The minimum absolute atomic E-state index is 0.0814. The van der Waals surface area contributed by atoms with E-state index in [1.807, 2.05) is 32.9 Å². The maximum atomic E-state index is 11.9. The molecule has 1 saturated heterocycles. The third-order valence-corrected chi connectivity index (χ3v) is 3.69. The van der Waals surface area contributed by atoms with Crippen molar-refractivity contribution in [2.45, 2.75) is 37.9 Å². The molecule has 0 aromatic carbocycles. The van der Waals surface area contributed by atoms with Crippen molar-refractivity contribution >= 4 is 17.4 Å². The first-order valence-corrected chi connectivity index (χ1v) is 4.87. The van der Waals surface area contributed by atoms with Crippen LogP contribution in [0.3, 0.4) is 0 Å². The molecule has 3 atom stereocenters. The zero-order chi connectivity index (χ0) is 9.85. The van der Waals surface area contributed by atoms with Crippen LogP contribution in [0.1, 0.15) is 20.8 Å². The van der Waals surface area contributed by atoms with Crippen molar-refractivity contribution in [2.75, 3.05) is 0 Å². The zero-order valence-electron chi connectivity index (χ0n) is 8.00. The highest BCUT2D eigenvalue weighted by Gasteiger charge is 2.56. The number of halogens is 1. The third kappa shape index (κ3) is 1.02. The van der Waals surface area contributed by atoms with Gasteiger partial charge in [-0.1, -0.05) is 26.0 Å². The van der Waals surface area contributed by atoms with Gasteiger partial charge in [-0.05, 0) is 6.92 Å². The number of ketones is 1. The maximum absolute atomic E-state index is 11.9. The molecule has 2 aliphatic heterocycles. The molecule has 3 heteroatoms. The molecule has 2 aliphatic rings. The lowest BCUT2D eigenvalue weighted by atomic mass is 9.77.